The maximum absolute atomic E-state index is 11.3. The molecule has 0 amide bonds. The molecule has 1 aromatic carbocycles. The first kappa shape index (κ1) is 12.6. The van der Waals surface area contributed by atoms with Gasteiger partial charge in [0.1, 0.15) is 11.6 Å². The van der Waals surface area contributed by atoms with Crippen molar-refractivity contribution in [3.63, 3.8) is 0 Å². The lowest BCUT2D eigenvalue weighted by Crippen LogP contribution is -2.08. The summed E-state index contributed by atoms with van der Waals surface area (Å²) in [6.07, 6.45) is 3.12. The van der Waals surface area contributed by atoms with Gasteiger partial charge in [0, 0.05) is 11.9 Å². The highest BCUT2D eigenvalue weighted by atomic mass is 32.2. The summed E-state index contributed by atoms with van der Waals surface area (Å²) in [5.74, 6) is -0.283. The molecular formula is C13H12N2O2S. The van der Waals surface area contributed by atoms with Crippen LogP contribution < -0.4 is 0 Å². The minimum absolute atomic E-state index is 0.550. The van der Waals surface area contributed by atoms with Gasteiger partial charge in [-0.3, -0.25) is 4.79 Å². The van der Waals surface area contributed by atoms with Crippen LogP contribution >= 0.6 is 11.8 Å². The minimum atomic E-state index is -0.833. The Bertz CT molecular complexity index is 505. The second kappa shape index (κ2) is 6.16. The molecule has 5 heteroatoms. The van der Waals surface area contributed by atoms with Gasteiger partial charge < -0.3 is 5.11 Å². The molecule has 0 fully saturated rings. The Morgan fingerprint density at radius 3 is 2.67 bits per heavy atom. The molecule has 1 unspecified atom stereocenters. The Hall–Kier alpha value is -1.88. The lowest BCUT2D eigenvalue weighted by Gasteiger charge is -2.11. The molecule has 1 atom stereocenters. The van der Waals surface area contributed by atoms with Crippen LogP contribution in [0.25, 0.3) is 0 Å². The fraction of sp³-hybridized carbons (Fsp3) is 0.154. The zero-order valence-electron chi connectivity index (χ0n) is 9.56. The van der Waals surface area contributed by atoms with Crippen molar-refractivity contribution in [3.05, 3.63) is 60.2 Å². The fourth-order valence-electron chi connectivity index (χ4n) is 1.51. The lowest BCUT2D eigenvalue weighted by molar-refractivity contribution is -0.136. The Morgan fingerprint density at radius 2 is 2.06 bits per heavy atom. The molecule has 1 N–H and O–H groups in total. The smallest absolute Gasteiger partial charge is 0.321 e. The lowest BCUT2D eigenvalue weighted by atomic mass is 10.1. The Kier molecular flexibility index (Phi) is 4.30. The summed E-state index contributed by atoms with van der Waals surface area (Å²) < 4.78 is 0. The van der Waals surface area contributed by atoms with E-state index in [9.17, 15) is 9.90 Å². The highest BCUT2D eigenvalue weighted by Gasteiger charge is 2.20. The SMILES string of the molecule is O=C(O)C(SCc1ccncn1)c1ccccc1. The number of carboxylic acid groups (broad SMARTS) is 1. The van der Waals surface area contributed by atoms with Gasteiger partial charge in [-0.1, -0.05) is 30.3 Å². The molecule has 0 aliphatic carbocycles. The molecule has 1 aromatic heterocycles. The summed E-state index contributed by atoms with van der Waals surface area (Å²) in [5.41, 5.74) is 1.63. The standard InChI is InChI=1S/C13H12N2O2S/c16-13(17)12(10-4-2-1-3-5-10)18-8-11-6-7-14-9-15-11/h1-7,9,12H,8H2,(H,16,17). The average Bonchev–Trinajstić information content (AvgIpc) is 2.41. The second-order valence-corrected chi connectivity index (χ2v) is 4.73. The molecular weight excluding hydrogens is 248 g/mol. The average molecular weight is 260 g/mol. The minimum Gasteiger partial charge on any atom is -0.480 e. The van der Waals surface area contributed by atoms with Crippen LogP contribution in [0, 0.1) is 0 Å². The third kappa shape index (κ3) is 3.30. The van der Waals surface area contributed by atoms with Gasteiger partial charge in [0.25, 0.3) is 0 Å². The van der Waals surface area contributed by atoms with Gasteiger partial charge in [-0.05, 0) is 11.6 Å². The Balaban J connectivity index is 2.06. The number of rotatable bonds is 5. The molecule has 0 radical (unpaired) electrons. The van der Waals surface area contributed by atoms with Crippen molar-refractivity contribution in [1.82, 2.24) is 9.97 Å². The zero-order valence-corrected chi connectivity index (χ0v) is 10.4. The third-order valence-corrected chi connectivity index (χ3v) is 3.64. The third-order valence-electron chi connectivity index (χ3n) is 2.37. The van der Waals surface area contributed by atoms with Crippen molar-refractivity contribution in [2.75, 3.05) is 0 Å². The largest absolute Gasteiger partial charge is 0.480 e. The van der Waals surface area contributed by atoms with Crippen molar-refractivity contribution in [3.8, 4) is 0 Å². The Morgan fingerprint density at radius 1 is 1.28 bits per heavy atom. The first-order valence-electron chi connectivity index (χ1n) is 5.41. The highest BCUT2D eigenvalue weighted by Crippen LogP contribution is 2.31. The summed E-state index contributed by atoms with van der Waals surface area (Å²) >= 11 is 1.35. The number of carboxylic acids is 1. The molecule has 92 valence electrons. The van der Waals surface area contributed by atoms with Crippen molar-refractivity contribution >= 4 is 17.7 Å². The van der Waals surface area contributed by atoms with Gasteiger partial charge in [0.05, 0.1) is 5.69 Å². The van der Waals surface area contributed by atoms with Gasteiger partial charge >= 0.3 is 5.97 Å². The highest BCUT2D eigenvalue weighted by molar-refractivity contribution is 7.99. The van der Waals surface area contributed by atoms with Crippen molar-refractivity contribution < 1.29 is 9.90 Å². The normalized spacial score (nSPS) is 12.0. The molecule has 0 saturated heterocycles. The number of aliphatic carboxylic acids is 1. The monoisotopic (exact) mass is 260 g/mol. The van der Waals surface area contributed by atoms with Crippen LogP contribution in [-0.4, -0.2) is 21.0 Å². The number of hydrogen-bond donors (Lipinski definition) is 1. The van der Waals surface area contributed by atoms with Gasteiger partial charge in [0.2, 0.25) is 0 Å². The van der Waals surface area contributed by atoms with Crippen LogP contribution in [0.15, 0.2) is 48.9 Å². The topological polar surface area (TPSA) is 63.1 Å². The maximum Gasteiger partial charge on any atom is 0.321 e. The van der Waals surface area contributed by atoms with Gasteiger partial charge in [-0.15, -0.1) is 11.8 Å². The molecule has 0 saturated carbocycles. The number of benzene rings is 1. The van der Waals surface area contributed by atoms with E-state index < -0.39 is 11.2 Å². The van der Waals surface area contributed by atoms with Crippen molar-refractivity contribution in [2.45, 2.75) is 11.0 Å². The molecule has 0 spiro atoms. The van der Waals surface area contributed by atoms with Crippen LogP contribution in [0.4, 0.5) is 0 Å². The van der Waals surface area contributed by atoms with Crippen LogP contribution in [0.3, 0.4) is 0 Å². The predicted molar refractivity (Wildman–Crippen MR) is 70.1 cm³/mol. The summed E-state index contributed by atoms with van der Waals surface area (Å²) in [7, 11) is 0. The molecule has 0 aliphatic rings. The van der Waals surface area contributed by atoms with Crippen LogP contribution in [0.2, 0.25) is 0 Å². The number of hydrogen-bond acceptors (Lipinski definition) is 4. The quantitative estimate of drug-likeness (QED) is 0.895. The summed E-state index contributed by atoms with van der Waals surface area (Å²) in [4.78, 5) is 19.2. The summed E-state index contributed by atoms with van der Waals surface area (Å²) in [6, 6.07) is 11.0. The molecule has 18 heavy (non-hydrogen) atoms. The van der Waals surface area contributed by atoms with E-state index in [2.05, 4.69) is 9.97 Å². The van der Waals surface area contributed by atoms with Crippen LogP contribution in [0.1, 0.15) is 16.5 Å². The van der Waals surface area contributed by atoms with Crippen LogP contribution in [0.5, 0.6) is 0 Å². The maximum atomic E-state index is 11.3. The van der Waals surface area contributed by atoms with Crippen molar-refractivity contribution in [1.29, 1.82) is 0 Å². The molecule has 1 heterocycles. The number of aromatic nitrogens is 2. The van der Waals surface area contributed by atoms with E-state index >= 15 is 0 Å². The van der Waals surface area contributed by atoms with E-state index in [-0.39, 0.29) is 0 Å². The number of nitrogens with zero attached hydrogens (tertiary/aromatic N) is 2. The van der Waals surface area contributed by atoms with E-state index in [0.29, 0.717) is 5.75 Å². The number of thioether (sulfide) groups is 1. The van der Waals surface area contributed by atoms with E-state index in [1.165, 1.54) is 18.1 Å². The fourth-order valence-corrected chi connectivity index (χ4v) is 2.51. The van der Waals surface area contributed by atoms with Gasteiger partial charge in [-0.2, -0.15) is 0 Å². The Labute approximate surface area is 109 Å². The summed E-state index contributed by atoms with van der Waals surface area (Å²) in [6.45, 7) is 0. The van der Waals surface area contributed by atoms with E-state index in [1.807, 2.05) is 30.3 Å². The predicted octanol–water partition coefficient (Wildman–Crippen LogP) is 2.54. The van der Waals surface area contributed by atoms with Crippen molar-refractivity contribution in [2.24, 2.45) is 0 Å². The first-order chi connectivity index (χ1) is 8.77. The summed E-state index contributed by atoms with van der Waals surface area (Å²) in [5, 5.41) is 8.68. The first-order valence-corrected chi connectivity index (χ1v) is 6.46. The molecule has 0 aliphatic heterocycles. The zero-order chi connectivity index (χ0) is 12.8. The van der Waals surface area contributed by atoms with Gasteiger partial charge in [0.15, 0.2) is 0 Å². The molecule has 0 bridgehead atoms. The number of carbonyl (C=O) groups is 1. The van der Waals surface area contributed by atoms with E-state index in [0.717, 1.165) is 11.3 Å². The van der Waals surface area contributed by atoms with Gasteiger partial charge in [-0.25, -0.2) is 9.97 Å². The van der Waals surface area contributed by atoms with Crippen LogP contribution in [-0.2, 0) is 10.5 Å². The molecule has 2 rings (SSSR count). The molecule has 4 nitrogen and oxygen atoms in total. The molecule has 2 aromatic rings. The second-order valence-electron chi connectivity index (χ2n) is 3.64. The van der Waals surface area contributed by atoms with E-state index in [1.54, 1.807) is 12.3 Å². The van der Waals surface area contributed by atoms with E-state index in [4.69, 9.17) is 0 Å².